The number of amides is 3. The monoisotopic (exact) mass is 809 g/mol. The normalized spacial score (nSPS) is 19.0. The fraction of sp³-hybridized carbons (Fsp3) is 0.340. The molecule has 0 unspecified atom stereocenters. The van der Waals surface area contributed by atoms with E-state index in [1.807, 2.05) is 85.4 Å². The van der Waals surface area contributed by atoms with Crippen LogP contribution in [0.5, 0.6) is 0 Å². The summed E-state index contributed by atoms with van der Waals surface area (Å²) in [6.45, 7) is 5.16. The Morgan fingerprint density at radius 1 is 0.864 bits per heavy atom. The summed E-state index contributed by atoms with van der Waals surface area (Å²) in [4.78, 5) is 58.5. The zero-order chi connectivity index (χ0) is 41.2. The molecule has 0 bridgehead atoms. The summed E-state index contributed by atoms with van der Waals surface area (Å²) in [5, 5.41) is 4.83. The highest BCUT2D eigenvalue weighted by atomic mass is 32.2. The second-order valence-electron chi connectivity index (χ2n) is 16.1. The van der Waals surface area contributed by atoms with E-state index in [0.717, 1.165) is 80.0 Å². The molecule has 0 spiro atoms. The summed E-state index contributed by atoms with van der Waals surface area (Å²) in [5.41, 5.74) is 8.40. The van der Waals surface area contributed by atoms with Crippen molar-refractivity contribution in [2.24, 2.45) is 10.9 Å². The van der Waals surface area contributed by atoms with Crippen molar-refractivity contribution in [3.63, 3.8) is 0 Å². The maximum absolute atomic E-state index is 14.0. The molecule has 12 heteroatoms. The maximum Gasteiger partial charge on any atom is 0.407 e. The Bertz CT molecular complexity index is 2410. The van der Waals surface area contributed by atoms with Crippen molar-refractivity contribution in [2.45, 2.75) is 56.6 Å². The molecule has 8 rings (SSSR count). The van der Waals surface area contributed by atoms with Gasteiger partial charge in [0, 0.05) is 37.0 Å². The minimum absolute atomic E-state index is 0.0857. The number of likely N-dealkylation sites (tertiary alicyclic amines) is 1. The predicted octanol–water partition coefficient (Wildman–Crippen LogP) is 8.33. The van der Waals surface area contributed by atoms with Crippen LogP contribution in [0.15, 0.2) is 108 Å². The number of H-pyrrole nitrogens is 1. The van der Waals surface area contributed by atoms with Crippen LogP contribution in [0.25, 0.3) is 38.7 Å². The van der Waals surface area contributed by atoms with E-state index < -0.39 is 12.1 Å². The summed E-state index contributed by atoms with van der Waals surface area (Å²) in [6, 6.07) is 30.5. The molecular weight excluding hydrogens is 759 g/mol. The number of rotatable bonds is 11. The number of aliphatic imine (C=N–C) groups is 1. The Kier molecular flexibility index (Phi) is 11.7. The van der Waals surface area contributed by atoms with E-state index in [1.54, 1.807) is 11.8 Å². The number of likely N-dealkylation sites (N-methyl/N-ethyl adjacent to an activating group) is 1. The van der Waals surface area contributed by atoms with Gasteiger partial charge in [-0.05, 0) is 83.6 Å². The Morgan fingerprint density at radius 2 is 1.56 bits per heavy atom. The van der Waals surface area contributed by atoms with Crippen molar-refractivity contribution in [1.29, 1.82) is 0 Å². The van der Waals surface area contributed by atoms with Gasteiger partial charge in [-0.3, -0.25) is 19.5 Å². The largest absolute Gasteiger partial charge is 0.453 e. The first-order valence-electron chi connectivity index (χ1n) is 20.3. The molecule has 4 heterocycles. The molecule has 59 heavy (non-hydrogen) atoms. The first-order valence-corrected chi connectivity index (χ1v) is 21.4. The summed E-state index contributed by atoms with van der Waals surface area (Å²) in [5.74, 6) is 1.55. The number of aromatic nitrogens is 2. The molecule has 2 fully saturated rings. The number of carbonyl (C=O) groups is 3. The highest BCUT2D eigenvalue weighted by Gasteiger charge is 2.40. The standard InChI is InChI=1S/C47H51N7O4S/c1-29(2)41(51-47(57)58-5)44(55)54-22-23-59-46(54)38-26-37(27-48-38)31-15-13-30(14-16-31)33-17-18-35-25-36(20-19-34(35)24-33)39-28-49-43(50-39)40-12-9-21-53(40)45(56)42(52(3)4)32-10-7-6-8-11-32/h6-8,10-11,13-20,24-25,27-29,40-42,46H,9,12,21-23,26H2,1-5H3,(H,49,50)(H,51,57)/t40-,41-,42+,46-/m0/s1. The Balaban J connectivity index is 0.918. The Hall–Kier alpha value is -5.72. The molecule has 0 saturated carbocycles. The van der Waals surface area contributed by atoms with E-state index in [9.17, 15) is 14.4 Å². The number of carbonyl (C=O) groups excluding carboxylic acids is 3. The van der Waals surface area contributed by atoms with Gasteiger partial charge in [-0.1, -0.05) is 92.7 Å². The van der Waals surface area contributed by atoms with Gasteiger partial charge in [0.05, 0.1) is 30.8 Å². The van der Waals surface area contributed by atoms with E-state index in [4.69, 9.17) is 14.7 Å². The van der Waals surface area contributed by atoms with Gasteiger partial charge in [0.2, 0.25) is 11.8 Å². The SMILES string of the molecule is COC(=O)N[C@H](C(=O)N1CCS[C@H]1C1=NC=C(c2ccc(-c3ccc4cc(-c5cnc([C@@H]6CCCN6C(=O)[C@@H](c6ccccc6)N(C)C)[nH]5)ccc4c3)cc2)C1)C(C)C. The molecule has 2 saturated heterocycles. The van der Waals surface area contributed by atoms with Crippen LogP contribution in [0.3, 0.4) is 0 Å². The van der Waals surface area contributed by atoms with E-state index in [2.05, 4.69) is 71.0 Å². The molecule has 3 aliphatic heterocycles. The van der Waals surface area contributed by atoms with Crippen molar-refractivity contribution >= 4 is 51.7 Å². The molecule has 5 aromatic rings. The number of ether oxygens (including phenoxy) is 1. The zero-order valence-electron chi connectivity index (χ0n) is 34.2. The lowest BCUT2D eigenvalue weighted by atomic mass is 9.96. The van der Waals surface area contributed by atoms with Crippen molar-refractivity contribution in [2.75, 3.05) is 40.0 Å². The highest BCUT2D eigenvalue weighted by Crippen LogP contribution is 2.37. The van der Waals surface area contributed by atoms with Crippen LogP contribution in [0, 0.1) is 5.92 Å². The predicted molar refractivity (Wildman–Crippen MR) is 236 cm³/mol. The van der Waals surface area contributed by atoms with Crippen LogP contribution < -0.4 is 5.32 Å². The van der Waals surface area contributed by atoms with Gasteiger partial charge in [-0.2, -0.15) is 0 Å². The number of allylic oxidation sites excluding steroid dienone is 1. The number of aromatic amines is 1. The molecule has 4 atom stereocenters. The molecule has 11 nitrogen and oxygen atoms in total. The number of thioether (sulfide) groups is 1. The van der Waals surface area contributed by atoms with Crippen molar-refractivity contribution in [3.05, 3.63) is 120 Å². The minimum Gasteiger partial charge on any atom is -0.453 e. The summed E-state index contributed by atoms with van der Waals surface area (Å²) in [7, 11) is 5.22. The molecule has 0 aliphatic carbocycles. The number of nitrogens with zero attached hydrogens (tertiary/aromatic N) is 5. The van der Waals surface area contributed by atoms with Crippen molar-refractivity contribution in [3.8, 4) is 22.4 Å². The van der Waals surface area contributed by atoms with E-state index in [1.165, 1.54) is 7.11 Å². The lowest BCUT2D eigenvalue weighted by Crippen LogP contribution is -2.53. The zero-order valence-corrected chi connectivity index (χ0v) is 35.0. The second kappa shape index (κ2) is 17.2. The number of methoxy groups -OCH3 is 1. The van der Waals surface area contributed by atoms with Gasteiger partial charge in [0.25, 0.3) is 0 Å². The molecule has 3 amide bonds. The van der Waals surface area contributed by atoms with Crippen LogP contribution >= 0.6 is 11.8 Å². The molecule has 1 aromatic heterocycles. The number of hydrogen-bond acceptors (Lipinski definition) is 8. The molecular formula is C47H51N7O4S. The average Bonchev–Trinajstić information content (AvgIpc) is 4.09. The van der Waals surface area contributed by atoms with Crippen LogP contribution in [-0.4, -0.2) is 99.8 Å². The summed E-state index contributed by atoms with van der Waals surface area (Å²) < 4.78 is 4.78. The molecule has 304 valence electrons. The molecule has 4 aromatic carbocycles. The first kappa shape index (κ1) is 40.1. The highest BCUT2D eigenvalue weighted by molar-refractivity contribution is 8.00. The number of nitrogens with one attached hydrogen (secondary N) is 2. The summed E-state index contributed by atoms with van der Waals surface area (Å²) >= 11 is 1.71. The van der Waals surface area contributed by atoms with Crippen LogP contribution in [0.1, 0.15) is 62.1 Å². The van der Waals surface area contributed by atoms with Crippen LogP contribution in [-0.2, 0) is 14.3 Å². The number of fused-ring (bicyclic) bond motifs is 1. The van der Waals surface area contributed by atoms with E-state index in [-0.39, 0.29) is 35.2 Å². The lowest BCUT2D eigenvalue weighted by molar-refractivity contribution is -0.137. The number of alkyl carbamates (subject to hydrolysis) is 1. The smallest absolute Gasteiger partial charge is 0.407 e. The lowest BCUT2D eigenvalue weighted by Gasteiger charge is -2.31. The average molecular weight is 810 g/mol. The maximum atomic E-state index is 14.0. The minimum atomic E-state index is -0.665. The number of hydrogen-bond donors (Lipinski definition) is 2. The van der Waals surface area contributed by atoms with Crippen molar-refractivity contribution < 1.29 is 19.1 Å². The fourth-order valence-electron chi connectivity index (χ4n) is 8.52. The topological polar surface area (TPSA) is 123 Å². The Morgan fingerprint density at radius 3 is 2.27 bits per heavy atom. The van der Waals surface area contributed by atoms with Gasteiger partial charge in [-0.25, -0.2) is 9.78 Å². The summed E-state index contributed by atoms with van der Waals surface area (Å²) in [6.07, 6.45) is 5.68. The Labute approximate surface area is 349 Å². The molecule has 0 radical (unpaired) electrons. The van der Waals surface area contributed by atoms with Gasteiger partial charge in [-0.15, -0.1) is 11.8 Å². The van der Waals surface area contributed by atoms with Gasteiger partial charge in [0.15, 0.2) is 0 Å². The number of benzene rings is 4. The first-order chi connectivity index (χ1) is 28.6. The van der Waals surface area contributed by atoms with Gasteiger partial charge in [0.1, 0.15) is 23.3 Å². The third-order valence-corrected chi connectivity index (χ3v) is 12.9. The quantitative estimate of drug-likeness (QED) is 0.138. The third kappa shape index (κ3) is 8.29. The van der Waals surface area contributed by atoms with E-state index >= 15 is 0 Å². The van der Waals surface area contributed by atoms with Crippen LogP contribution in [0.4, 0.5) is 4.79 Å². The second-order valence-corrected chi connectivity index (χ2v) is 17.3. The molecule has 2 N–H and O–H groups in total. The van der Waals surface area contributed by atoms with E-state index in [0.29, 0.717) is 19.5 Å². The van der Waals surface area contributed by atoms with Gasteiger partial charge >= 0.3 is 6.09 Å². The third-order valence-electron chi connectivity index (χ3n) is 11.7. The van der Waals surface area contributed by atoms with Gasteiger partial charge < -0.3 is 24.8 Å². The fourth-order valence-corrected chi connectivity index (χ4v) is 9.77. The molecule has 3 aliphatic rings. The van der Waals surface area contributed by atoms with Crippen LogP contribution in [0.2, 0.25) is 0 Å². The number of imidazole rings is 1. The van der Waals surface area contributed by atoms with Crippen molar-refractivity contribution in [1.82, 2.24) is 30.0 Å².